The van der Waals surface area contributed by atoms with E-state index in [2.05, 4.69) is 43.4 Å². The van der Waals surface area contributed by atoms with Gasteiger partial charge >= 0.3 is 0 Å². The van der Waals surface area contributed by atoms with Crippen molar-refractivity contribution in [3.8, 4) is 5.75 Å². The predicted octanol–water partition coefficient (Wildman–Crippen LogP) is 4.65. The van der Waals surface area contributed by atoms with Gasteiger partial charge in [0.1, 0.15) is 5.75 Å². The minimum absolute atomic E-state index is 0.00255. The molecular formula is C21H27NO2. The summed E-state index contributed by atoms with van der Waals surface area (Å²) in [5.74, 6) is 0.671. The van der Waals surface area contributed by atoms with Crippen molar-refractivity contribution >= 4 is 5.91 Å². The fourth-order valence-electron chi connectivity index (χ4n) is 2.60. The number of hydrogen-bond donors (Lipinski definition) is 1. The van der Waals surface area contributed by atoms with E-state index in [4.69, 9.17) is 4.74 Å². The Bertz CT molecular complexity index is 691. The average molecular weight is 325 g/mol. The van der Waals surface area contributed by atoms with Crippen LogP contribution in [0.15, 0.2) is 42.5 Å². The van der Waals surface area contributed by atoms with E-state index in [1.54, 1.807) is 6.92 Å². The van der Waals surface area contributed by atoms with Crippen LogP contribution < -0.4 is 10.1 Å². The Kier molecular flexibility index (Phi) is 6.02. The highest BCUT2D eigenvalue weighted by molar-refractivity contribution is 5.81. The number of rotatable bonds is 6. The molecule has 0 fully saturated rings. The molecule has 3 nitrogen and oxygen atoms in total. The molecule has 2 rings (SSSR count). The molecule has 2 atom stereocenters. The van der Waals surface area contributed by atoms with Gasteiger partial charge in [-0.25, -0.2) is 0 Å². The van der Waals surface area contributed by atoms with Crippen LogP contribution >= 0.6 is 0 Å². The summed E-state index contributed by atoms with van der Waals surface area (Å²) in [4.78, 5) is 12.5. The molecule has 3 heteroatoms. The molecule has 24 heavy (non-hydrogen) atoms. The molecule has 0 heterocycles. The Balaban J connectivity index is 2.04. The van der Waals surface area contributed by atoms with Crippen LogP contribution in [0, 0.1) is 20.8 Å². The van der Waals surface area contributed by atoms with Crippen molar-refractivity contribution in [2.75, 3.05) is 0 Å². The van der Waals surface area contributed by atoms with Gasteiger partial charge in [-0.1, -0.05) is 48.9 Å². The standard InChI is InChI=1S/C21H27NO2/c1-6-19(18-12-10-14(2)11-13-18)22-21(23)17(5)24-20-9-7-8-15(3)16(20)4/h7-13,17,19H,6H2,1-5H3,(H,22,23). The van der Waals surface area contributed by atoms with Gasteiger partial charge in [0.15, 0.2) is 6.10 Å². The molecule has 1 amide bonds. The minimum atomic E-state index is -0.537. The zero-order valence-corrected chi connectivity index (χ0v) is 15.2. The third-order valence-corrected chi connectivity index (χ3v) is 4.43. The van der Waals surface area contributed by atoms with Gasteiger partial charge in [-0.15, -0.1) is 0 Å². The number of hydrogen-bond acceptors (Lipinski definition) is 2. The molecule has 0 saturated heterocycles. The van der Waals surface area contributed by atoms with Gasteiger partial charge in [0.05, 0.1) is 6.04 Å². The highest BCUT2D eigenvalue weighted by atomic mass is 16.5. The van der Waals surface area contributed by atoms with E-state index >= 15 is 0 Å². The van der Waals surface area contributed by atoms with Crippen LogP contribution in [0.4, 0.5) is 0 Å². The summed E-state index contributed by atoms with van der Waals surface area (Å²) < 4.78 is 5.88. The van der Waals surface area contributed by atoms with Crippen molar-refractivity contribution in [3.63, 3.8) is 0 Å². The molecule has 0 spiro atoms. The van der Waals surface area contributed by atoms with Gasteiger partial charge < -0.3 is 10.1 Å². The van der Waals surface area contributed by atoms with E-state index in [1.807, 2.05) is 32.0 Å². The first-order chi connectivity index (χ1) is 11.4. The molecule has 0 radical (unpaired) electrons. The van der Waals surface area contributed by atoms with Gasteiger partial charge in [0.25, 0.3) is 5.91 Å². The van der Waals surface area contributed by atoms with Crippen molar-refractivity contribution in [3.05, 3.63) is 64.7 Å². The maximum absolute atomic E-state index is 12.5. The lowest BCUT2D eigenvalue weighted by Crippen LogP contribution is -2.38. The number of ether oxygens (including phenoxy) is 1. The lowest BCUT2D eigenvalue weighted by atomic mass is 10.0. The second kappa shape index (κ2) is 8.00. The van der Waals surface area contributed by atoms with E-state index in [-0.39, 0.29) is 11.9 Å². The topological polar surface area (TPSA) is 38.3 Å². The molecule has 2 aromatic rings. The summed E-state index contributed by atoms with van der Waals surface area (Å²) in [7, 11) is 0. The van der Waals surface area contributed by atoms with Crippen LogP contribution in [-0.4, -0.2) is 12.0 Å². The summed E-state index contributed by atoms with van der Waals surface area (Å²) in [6.45, 7) is 9.97. The van der Waals surface area contributed by atoms with Crippen molar-refractivity contribution in [2.24, 2.45) is 0 Å². The summed E-state index contributed by atoms with van der Waals surface area (Å²) in [6.07, 6.45) is 0.301. The fraction of sp³-hybridized carbons (Fsp3) is 0.381. The Labute approximate surface area is 145 Å². The number of nitrogens with one attached hydrogen (secondary N) is 1. The molecule has 0 aliphatic rings. The second-order valence-electron chi connectivity index (χ2n) is 6.34. The van der Waals surface area contributed by atoms with Gasteiger partial charge in [-0.05, 0) is 56.9 Å². The number of aryl methyl sites for hydroxylation is 2. The molecule has 2 aromatic carbocycles. The Morgan fingerprint density at radius 3 is 2.38 bits per heavy atom. The van der Waals surface area contributed by atoms with E-state index in [0.717, 1.165) is 28.9 Å². The van der Waals surface area contributed by atoms with E-state index < -0.39 is 6.10 Å². The molecular weight excluding hydrogens is 298 g/mol. The molecule has 1 N–H and O–H groups in total. The monoisotopic (exact) mass is 325 g/mol. The van der Waals surface area contributed by atoms with E-state index in [9.17, 15) is 4.79 Å². The highest BCUT2D eigenvalue weighted by Gasteiger charge is 2.20. The number of carbonyl (C=O) groups excluding carboxylic acids is 1. The largest absolute Gasteiger partial charge is 0.481 e. The fourth-order valence-corrected chi connectivity index (χ4v) is 2.60. The van der Waals surface area contributed by atoms with Gasteiger partial charge in [-0.2, -0.15) is 0 Å². The Morgan fingerprint density at radius 1 is 1.08 bits per heavy atom. The Morgan fingerprint density at radius 2 is 1.75 bits per heavy atom. The normalized spacial score (nSPS) is 13.2. The lowest BCUT2D eigenvalue weighted by Gasteiger charge is -2.22. The minimum Gasteiger partial charge on any atom is -0.481 e. The third kappa shape index (κ3) is 4.38. The zero-order valence-electron chi connectivity index (χ0n) is 15.2. The van der Waals surface area contributed by atoms with Crippen molar-refractivity contribution < 1.29 is 9.53 Å². The van der Waals surface area contributed by atoms with Crippen LogP contribution in [0.5, 0.6) is 5.75 Å². The first kappa shape index (κ1) is 18.1. The number of carbonyl (C=O) groups is 1. The summed E-state index contributed by atoms with van der Waals surface area (Å²) in [5, 5.41) is 3.09. The SMILES string of the molecule is CCC(NC(=O)C(C)Oc1cccc(C)c1C)c1ccc(C)cc1. The first-order valence-electron chi connectivity index (χ1n) is 8.52. The van der Waals surface area contributed by atoms with E-state index in [1.165, 1.54) is 5.56 Å². The van der Waals surface area contributed by atoms with Gasteiger partial charge in [0, 0.05) is 0 Å². The average Bonchev–Trinajstić information content (AvgIpc) is 2.57. The lowest BCUT2D eigenvalue weighted by molar-refractivity contribution is -0.128. The van der Waals surface area contributed by atoms with Crippen LogP contribution in [0.1, 0.15) is 48.6 Å². The maximum atomic E-state index is 12.5. The Hall–Kier alpha value is -2.29. The first-order valence-corrected chi connectivity index (χ1v) is 8.52. The van der Waals surface area contributed by atoms with Crippen molar-refractivity contribution in [1.29, 1.82) is 0 Å². The highest BCUT2D eigenvalue weighted by Crippen LogP contribution is 2.22. The maximum Gasteiger partial charge on any atom is 0.261 e. The quantitative estimate of drug-likeness (QED) is 0.840. The van der Waals surface area contributed by atoms with E-state index in [0.29, 0.717) is 0 Å². The van der Waals surface area contributed by atoms with Crippen LogP contribution in [0.2, 0.25) is 0 Å². The summed E-state index contributed by atoms with van der Waals surface area (Å²) in [5.41, 5.74) is 4.57. The van der Waals surface area contributed by atoms with Crippen LogP contribution in [-0.2, 0) is 4.79 Å². The third-order valence-electron chi connectivity index (χ3n) is 4.43. The molecule has 0 saturated carbocycles. The number of benzene rings is 2. The summed E-state index contributed by atoms with van der Waals surface area (Å²) >= 11 is 0. The second-order valence-corrected chi connectivity index (χ2v) is 6.34. The van der Waals surface area contributed by atoms with Gasteiger partial charge in [-0.3, -0.25) is 4.79 Å². The molecule has 0 bridgehead atoms. The van der Waals surface area contributed by atoms with Crippen molar-refractivity contribution in [1.82, 2.24) is 5.32 Å². The van der Waals surface area contributed by atoms with Crippen LogP contribution in [0.25, 0.3) is 0 Å². The molecule has 0 aromatic heterocycles. The smallest absolute Gasteiger partial charge is 0.261 e. The van der Waals surface area contributed by atoms with Crippen molar-refractivity contribution in [2.45, 2.75) is 53.2 Å². The molecule has 2 unspecified atom stereocenters. The number of amides is 1. The molecule has 0 aliphatic heterocycles. The van der Waals surface area contributed by atoms with Gasteiger partial charge in [0.2, 0.25) is 0 Å². The zero-order chi connectivity index (χ0) is 17.7. The summed E-state index contributed by atoms with van der Waals surface area (Å²) in [6, 6.07) is 14.2. The van der Waals surface area contributed by atoms with Crippen LogP contribution in [0.3, 0.4) is 0 Å². The molecule has 128 valence electrons. The molecule has 0 aliphatic carbocycles. The predicted molar refractivity (Wildman–Crippen MR) is 98.4 cm³/mol.